The van der Waals surface area contributed by atoms with Gasteiger partial charge in [-0.05, 0) is 39.5 Å². The number of carbonyl (C=O) groups is 1. The fourth-order valence-corrected chi connectivity index (χ4v) is 3.20. The van der Waals surface area contributed by atoms with Gasteiger partial charge in [-0.2, -0.15) is 0 Å². The first-order valence-corrected chi connectivity index (χ1v) is 7.43. The van der Waals surface area contributed by atoms with E-state index >= 15 is 0 Å². The van der Waals surface area contributed by atoms with Crippen molar-refractivity contribution in [3.8, 4) is 0 Å². The van der Waals surface area contributed by atoms with E-state index in [0.29, 0.717) is 23.8 Å². The van der Waals surface area contributed by atoms with E-state index in [1.807, 2.05) is 20.8 Å². The molecular weight excluding hydrogens is 262 g/mol. The minimum Gasteiger partial charge on any atom is -0.466 e. The van der Waals surface area contributed by atoms with Gasteiger partial charge in [-0.3, -0.25) is 4.79 Å². The molecule has 0 radical (unpaired) electrons. The van der Waals surface area contributed by atoms with Gasteiger partial charge in [0.2, 0.25) is 0 Å². The Balaban J connectivity index is 1.97. The lowest BCUT2D eigenvalue weighted by molar-refractivity contribution is 0.0942. The van der Waals surface area contributed by atoms with E-state index in [9.17, 15) is 4.79 Å². The molecule has 106 valence electrons. The molecule has 1 saturated carbocycles. The largest absolute Gasteiger partial charge is 0.466 e. The molecule has 0 saturated heterocycles. The molecule has 2 rings (SSSR count). The van der Waals surface area contributed by atoms with Crippen molar-refractivity contribution in [1.29, 1.82) is 0 Å². The van der Waals surface area contributed by atoms with Gasteiger partial charge >= 0.3 is 0 Å². The van der Waals surface area contributed by atoms with Crippen LogP contribution >= 0.6 is 11.6 Å². The molecule has 0 aromatic carbocycles. The summed E-state index contributed by atoms with van der Waals surface area (Å²) < 4.78 is 5.49. The summed E-state index contributed by atoms with van der Waals surface area (Å²) in [6.45, 7) is 6.30. The predicted molar refractivity (Wildman–Crippen MR) is 76.9 cm³/mol. The third kappa shape index (κ3) is 3.14. The Morgan fingerprint density at radius 2 is 1.95 bits per heavy atom. The Kier molecular flexibility index (Phi) is 4.56. The van der Waals surface area contributed by atoms with Crippen molar-refractivity contribution in [1.82, 2.24) is 5.32 Å². The summed E-state index contributed by atoms with van der Waals surface area (Å²) in [6, 6.07) is 0. The van der Waals surface area contributed by atoms with Crippen molar-refractivity contribution >= 4 is 17.5 Å². The number of hydrogen-bond acceptors (Lipinski definition) is 2. The molecule has 3 nitrogen and oxygen atoms in total. The fourth-order valence-electron chi connectivity index (χ4n) is 2.83. The van der Waals surface area contributed by atoms with Crippen LogP contribution in [0.3, 0.4) is 0 Å². The second-order valence-corrected chi connectivity index (χ2v) is 6.05. The second-order valence-electron chi connectivity index (χ2n) is 5.48. The van der Waals surface area contributed by atoms with Gasteiger partial charge in [0.1, 0.15) is 11.5 Å². The van der Waals surface area contributed by atoms with Crippen LogP contribution in [0.15, 0.2) is 4.42 Å². The van der Waals surface area contributed by atoms with E-state index in [0.717, 1.165) is 24.2 Å². The summed E-state index contributed by atoms with van der Waals surface area (Å²) in [5, 5.41) is 3.21. The highest BCUT2D eigenvalue weighted by Crippen LogP contribution is 2.28. The van der Waals surface area contributed by atoms with Crippen LogP contribution < -0.4 is 5.32 Å². The number of hydrogen-bond donors (Lipinski definition) is 1. The lowest BCUT2D eigenvalue weighted by Gasteiger charge is -2.27. The number of nitrogens with one attached hydrogen (secondary N) is 1. The van der Waals surface area contributed by atoms with Gasteiger partial charge in [0, 0.05) is 17.5 Å². The lowest BCUT2D eigenvalue weighted by Crippen LogP contribution is -2.35. The summed E-state index contributed by atoms with van der Waals surface area (Å²) in [5.41, 5.74) is 1.61. The van der Waals surface area contributed by atoms with Crippen molar-refractivity contribution in [3.63, 3.8) is 0 Å². The summed E-state index contributed by atoms with van der Waals surface area (Å²) >= 11 is 6.31. The van der Waals surface area contributed by atoms with Crippen molar-refractivity contribution in [2.24, 2.45) is 5.92 Å². The van der Waals surface area contributed by atoms with Crippen LogP contribution in [0.2, 0.25) is 0 Å². The van der Waals surface area contributed by atoms with Crippen LogP contribution in [-0.2, 0) is 0 Å². The minimum atomic E-state index is -0.0405. The molecule has 0 bridgehead atoms. The molecule has 1 fully saturated rings. The number of aryl methyl sites for hydroxylation is 2. The number of carbonyl (C=O) groups excluding carboxylic acids is 1. The topological polar surface area (TPSA) is 42.2 Å². The van der Waals surface area contributed by atoms with Crippen LogP contribution in [0.1, 0.15) is 53.1 Å². The molecule has 2 atom stereocenters. The van der Waals surface area contributed by atoms with Gasteiger partial charge in [-0.25, -0.2) is 0 Å². The molecule has 19 heavy (non-hydrogen) atoms. The average molecular weight is 284 g/mol. The van der Waals surface area contributed by atoms with Crippen molar-refractivity contribution in [2.45, 2.75) is 51.8 Å². The maximum Gasteiger partial charge on any atom is 0.255 e. The van der Waals surface area contributed by atoms with E-state index < -0.39 is 0 Å². The van der Waals surface area contributed by atoms with E-state index in [1.165, 1.54) is 12.8 Å². The number of rotatable bonds is 3. The number of amides is 1. The Morgan fingerprint density at radius 1 is 1.26 bits per heavy atom. The molecule has 1 aromatic heterocycles. The number of furan rings is 1. The molecule has 1 aliphatic rings. The maximum atomic E-state index is 12.2. The zero-order valence-corrected chi connectivity index (χ0v) is 12.6. The van der Waals surface area contributed by atoms with Crippen LogP contribution in [0, 0.1) is 26.7 Å². The molecule has 1 heterocycles. The highest BCUT2D eigenvalue weighted by atomic mass is 35.5. The van der Waals surface area contributed by atoms with Gasteiger partial charge in [-0.15, -0.1) is 11.6 Å². The molecule has 1 amide bonds. The van der Waals surface area contributed by atoms with E-state index in [-0.39, 0.29) is 11.3 Å². The van der Waals surface area contributed by atoms with E-state index in [4.69, 9.17) is 16.0 Å². The number of alkyl halides is 1. The first-order valence-electron chi connectivity index (χ1n) is 6.99. The highest BCUT2D eigenvalue weighted by molar-refractivity contribution is 6.20. The van der Waals surface area contributed by atoms with Gasteiger partial charge < -0.3 is 9.73 Å². The van der Waals surface area contributed by atoms with Crippen LogP contribution in [0.25, 0.3) is 0 Å². The zero-order chi connectivity index (χ0) is 14.0. The average Bonchev–Trinajstić information content (AvgIpc) is 2.62. The van der Waals surface area contributed by atoms with Gasteiger partial charge in [0.05, 0.1) is 5.56 Å². The number of halogens is 1. The quantitative estimate of drug-likeness (QED) is 0.859. The van der Waals surface area contributed by atoms with E-state index in [2.05, 4.69) is 5.32 Å². The fraction of sp³-hybridized carbons (Fsp3) is 0.667. The standard InChI is InChI=1S/C15H22ClNO2/c1-9-10(2)19-11(3)14(9)15(18)17-8-12-6-4-5-7-13(12)16/h12-13H,4-8H2,1-3H3,(H,17,18). The molecule has 1 aliphatic carbocycles. The van der Waals surface area contributed by atoms with Gasteiger partial charge in [0.25, 0.3) is 5.91 Å². The monoisotopic (exact) mass is 283 g/mol. The third-order valence-electron chi connectivity index (χ3n) is 4.13. The molecule has 0 spiro atoms. The van der Waals surface area contributed by atoms with Crippen LogP contribution in [0.4, 0.5) is 0 Å². The van der Waals surface area contributed by atoms with Gasteiger partial charge in [-0.1, -0.05) is 12.8 Å². The normalized spacial score (nSPS) is 23.4. The Labute approximate surface area is 119 Å². The highest BCUT2D eigenvalue weighted by Gasteiger charge is 2.25. The zero-order valence-electron chi connectivity index (χ0n) is 11.9. The molecule has 0 aliphatic heterocycles. The van der Waals surface area contributed by atoms with Crippen molar-refractivity contribution in [2.75, 3.05) is 6.54 Å². The van der Waals surface area contributed by atoms with Gasteiger partial charge in [0.15, 0.2) is 0 Å². The SMILES string of the molecule is Cc1oc(C)c(C(=O)NCC2CCCCC2Cl)c1C. The van der Waals surface area contributed by atoms with Crippen molar-refractivity contribution < 1.29 is 9.21 Å². The Hall–Kier alpha value is -0.960. The minimum absolute atomic E-state index is 0.0405. The third-order valence-corrected chi connectivity index (χ3v) is 4.70. The smallest absolute Gasteiger partial charge is 0.255 e. The van der Waals surface area contributed by atoms with Crippen molar-refractivity contribution in [3.05, 3.63) is 22.6 Å². The Bertz CT molecular complexity index is 467. The molecule has 1 N–H and O–H groups in total. The molecule has 1 aromatic rings. The maximum absolute atomic E-state index is 12.2. The van der Waals surface area contributed by atoms with Crippen LogP contribution in [0.5, 0.6) is 0 Å². The summed E-state index contributed by atoms with van der Waals surface area (Å²) in [4.78, 5) is 12.2. The van der Waals surface area contributed by atoms with E-state index in [1.54, 1.807) is 0 Å². The first-order chi connectivity index (χ1) is 9.00. The predicted octanol–water partition coefficient (Wildman–Crippen LogP) is 3.73. The lowest BCUT2D eigenvalue weighted by atomic mass is 9.88. The Morgan fingerprint density at radius 3 is 2.53 bits per heavy atom. The second kappa shape index (κ2) is 6.00. The van der Waals surface area contributed by atoms with Crippen LogP contribution in [-0.4, -0.2) is 17.8 Å². The molecular formula is C15H22ClNO2. The molecule has 4 heteroatoms. The summed E-state index contributed by atoms with van der Waals surface area (Å²) in [5.74, 6) is 1.86. The molecule has 2 unspecified atom stereocenters. The summed E-state index contributed by atoms with van der Waals surface area (Å²) in [6.07, 6.45) is 4.59. The first kappa shape index (κ1) is 14.4. The summed E-state index contributed by atoms with van der Waals surface area (Å²) in [7, 11) is 0.